The minimum absolute atomic E-state index is 0.0643. The van der Waals surface area contributed by atoms with Crippen LogP contribution in [0.15, 0.2) is 22.7 Å². The number of hydrazine groups is 1. The standard InChI is InChI=1S/C10H12BrFN2/c11-7-2-1-3-8(12)9(7)10(14-13)6-4-5-6/h1-3,6,10,14H,4-5,13H2. The lowest BCUT2D eigenvalue weighted by Gasteiger charge is -2.17. The fraction of sp³-hybridized carbons (Fsp3) is 0.400. The molecule has 2 rings (SSSR count). The Balaban J connectivity index is 2.36. The average molecular weight is 259 g/mol. The van der Waals surface area contributed by atoms with E-state index in [1.165, 1.54) is 6.07 Å². The van der Waals surface area contributed by atoms with E-state index in [1.807, 2.05) is 6.07 Å². The van der Waals surface area contributed by atoms with Crippen LogP contribution in [-0.4, -0.2) is 0 Å². The molecular formula is C10H12BrFN2. The lowest BCUT2D eigenvalue weighted by Crippen LogP contribution is -2.30. The molecule has 1 aromatic rings. The number of nitrogens with two attached hydrogens (primary N) is 1. The van der Waals surface area contributed by atoms with Gasteiger partial charge < -0.3 is 0 Å². The van der Waals surface area contributed by atoms with E-state index >= 15 is 0 Å². The molecule has 1 aromatic carbocycles. The predicted octanol–water partition coefficient (Wildman–Crippen LogP) is 2.50. The molecule has 0 heterocycles. The Hall–Kier alpha value is -0.450. The summed E-state index contributed by atoms with van der Waals surface area (Å²) in [5.74, 6) is 5.73. The third kappa shape index (κ3) is 1.82. The van der Waals surface area contributed by atoms with Crippen molar-refractivity contribution in [1.82, 2.24) is 5.43 Å². The summed E-state index contributed by atoms with van der Waals surface area (Å²) in [7, 11) is 0. The number of nitrogens with one attached hydrogen (secondary N) is 1. The molecule has 0 aliphatic heterocycles. The molecule has 1 aliphatic carbocycles. The van der Waals surface area contributed by atoms with Gasteiger partial charge in [0, 0.05) is 10.0 Å². The minimum Gasteiger partial charge on any atom is -0.271 e. The zero-order valence-electron chi connectivity index (χ0n) is 7.63. The van der Waals surface area contributed by atoms with Crippen molar-refractivity contribution in [2.24, 2.45) is 11.8 Å². The van der Waals surface area contributed by atoms with E-state index in [9.17, 15) is 4.39 Å². The van der Waals surface area contributed by atoms with Crippen molar-refractivity contribution >= 4 is 15.9 Å². The van der Waals surface area contributed by atoms with Crippen molar-refractivity contribution in [3.05, 3.63) is 34.1 Å². The first-order valence-electron chi connectivity index (χ1n) is 4.64. The van der Waals surface area contributed by atoms with Gasteiger partial charge in [0.25, 0.3) is 0 Å². The van der Waals surface area contributed by atoms with Crippen LogP contribution >= 0.6 is 15.9 Å². The zero-order chi connectivity index (χ0) is 10.1. The SMILES string of the molecule is NNC(c1c(F)cccc1Br)C1CC1. The minimum atomic E-state index is -0.200. The smallest absolute Gasteiger partial charge is 0.129 e. The van der Waals surface area contributed by atoms with Crippen LogP contribution in [0.4, 0.5) is 4.39 Å². The first-order valence-corrected chi connectivity index (χ1v) is 5.43. The maximum Gasteiger partial charge on any atom is 0.129 e. The number of hydrogen-bond donors (Lipinski definition) is 2. The van der Waals surface area contributed by atoms with Crippen LogP contribution in [0.1, 0.15) is 24.4 Å². The molecule has 0 radical (unpaired) electrons. The van der Waals surface area contributed by atoms with Gasteiger partial charge in [0.1, 0.15) is 5.82 Å². The van der Waals surface area contributed by atoms with Gasteiger partial charge in [0.2, 0.25) is 0 Å². The van der Waals surface area contributed by atoms with Crippen molar-refractivity contribution in [2.75, 3.05) is 0 Å². The van der Waals surface area contributed by atoms with Gasteiger partial charge in [0.15, 0.2) is 0 Å². The molecule has 2 nitrogen and oxygen atoms in total. The Bertz CT molecular complexity index is 319. The third-order valence-corrected chi connectivity index (χ3v) is 3.28. The molecule has 14 heavy (non-hydrogen) atoms. The predicted molar refractivity (Wildman–Crippen MR) is 56.9 cm³/mol. The van der Waals surface area contributed by atoms with Crippen LogP contribution in [0.2, 0.25) is 0 Å². The molecule has 1 saturated carbocycles. The molecule has 1 atom stereocenters. The van der Waals surface area contributed by atoms with Crippen molar-refractivity contribution in [3.8, 4) is 0 Å². The highest BCUT2D eigenvalue weighted by Gasteiger charge is 2.34. The molecule has 1 fully saturated rings. The van der Waals surface area contributed by atoms with Crippen molar-refractivity contribution in [2.45, 2.75) is 18.9 Å². The Kier molecular flexibility index (Phi) is 2.85. The summed E-state index contributed by atoms with van der Waals surface area (Å²) in [6.45, 7) is 0. The largest absolute Gasteiger partial charge is 0.271 e. The number of benzene rings is 1. The summed E-state index contributed by atoms with van der Waals surface area (Å²) in [6.07, 6.45) is 2.24. The summed E-state index contributed by atoms with van der Waals surface area (Å²) in [4.78, 5) is 0. The molecule has 1 aliphatic rings. The molecular weight excluding hydrogens is 247 g/mol. The lowest BCUT2D eigenvalue weighted by molar-refractivity contribution is 0.466. The molecule has 3 N–H and O–H groups in total. The summed E-state index contributed by atoms with van der Waals surface area (Å²) in [5, 5.41) is 0. The first kappa shape index (κ1) is 10.1. The second kappa shape index (κ2) is 3.96. The summed E-state index contributed by atoms with van der Waals surface area (Å²) >= 11 is 3.35. The van der Waals surface area contributed by atoms with E-state index in [0.29, 0.717) is 11.5 Å². The highest BCUT2D eigenvalue weighted by atomic mass is 79.9. The molecule has 0 amide bonds. The van der Waals surface area contributed by atoms with Gasteiger partial charge in [-0.3, -0.25) is 11.3 Å². The number of halogens is 2. The van der Waals surface area contributed by atoms with Gasteiger partial charge in [-0.1, -0.05) is 22.0 Å². The molecule has 0 bridgehead atoms. The Morgan fingerprint density at radius 1 is 1.50 bits per heavy atom. The topological polar surface area (TPSA) is 38.0 Å². The molecule has 0 spiro atoms. The molecule has 4 heteroatoms. The van der Waals surface area contributed by atoms with Crippen LogP contribution in [0.5, 0.6) is 0 Å². The second-order valence-electron chi connectivity index (χ2n) is 3.62. The van der Waals surface area contributed by atoms with E-state index in [2.05, 4.69) is 21.4 Å². The molecule has 1 unspecified atom stereocenters. The molecule has 0 saturated heterocycles. The van der Waals surface area contributed by atoms with Gasteiger partial charge in [-0.15, -0.1) is 0 Å². The van der Waals surface area contributed by atoms with Gasteiger partial charge in [-0.05, 0) is 30.9 Å². The lowest BCUT2D eigenvalue weighted by atomic mass is 10.0. The van der Waals surface area contributed by atoms with Gasteiger partial charge in [-0.2, -0.15) is 0 Å². The van der Waals surface area contributed by atoms with E-state index < -0.39 is 0 Å². The average Bonchev–Trinajstić information content (AvgIpc) is 2.95. The van der Waals surface area contributed by atoms with Gasteiger partial charge >= 0.3 is 0 Å². The Morgan fingerprint density at radius 3 is 2.71 bits per heavy atom. The van der Waals surface area contributed by atoms with E-state index in [-0.39, 0.29) is 11.9 Å². The molecule has 0 aromatic heterocycles. The van der Waals surface area contributed by atoms with E-state index in [4.69, 9.17) is 5.84 Å². The monoisotopic (exact) mass is 258 g/mol. The highest BCUT2D eigenvalue weighted by molar-refractivity contribution is 9.10. The maximum absolute atomic E-state index is 13.6. The van der Waals surface area contributed by atoms with Crippen LogP contribution in [0, 0.1) is 11.7 Å². The Labute approximate surface area is 90.8 Å². The quantitative estimate of drug-likeness (QED) is 0.646. The first-order chi connectivity index (χ1) is 6.74. The van der Waals surface area contributed by atoms with Crippen molar-refractivity contribution < 1.29 is 4.39 Å². The van der Waals surface area contributed by atoms with E-state index in [0.717, 1.165) is 17.3 Å². The Morgan fingerprint density at radius 2 is 2.21 bits per heavy atom. The van der Waals surface area contributed by atoms with Crippen LogP contribution in [-0.2, 0) is 0 Å². The van der Waals surface area contributed by atoms with Gasteiger partial charge in [-0.25, -0.2) is 4.39 Å². The van der Waals surface area contributed by atoms with Crippen LogP contribution < -0.4 is 11.3 Å². The fourth-order valence-corrected chi connectivity index (χ4v) is 2.28. The van der Waals surface area contributed by atoms with Crippen LogP contribution in [0.3, 0.4) is 0 Å². The van der Waals surface area contributed by atoms with Crippen LogP contribution in [0.25, 0.3) is 0 Å². The number of hydrogen-bond acceptors (Lipinski definition) is 2. The number of rotatable bonds is 3. The fourth-order valence-electron chi connectivity index (χ4n) is 1.69. The van der Waals surface area contributed by atoms with E-state index in [1.54, 1.807) is 6.07 Å². The second-order valence-corrected chi connectivity index (χ2v) is 4.47. The normalized spacial score (nSPS) is 18.2. The summed E-state index contributed by atoms with van der Waals surface area (Å²) in [6, 6.07) is 4.92. The van der Waals surface area contributed by atoms with Gasteiger partial charge in [0.05, 0.1) is 6.04 Å². The van der Waals surface area contributed by atoms with Crippen molar-refractivity contribution in [3.63, 3.8) is 0 Å². The third-order valence-electron chi connectivity index (χ3n) is 2.58. The van der Waals surface area contributed by atoms with Crippen molar-refractivity contribution in [1.29, 1.82) is 0 Å². The summed E-state index contributed by atoms with van der Waals surface area (Å²) in [5.41, 5.74) is 3.34. The zero-order valence-corrected chi connectivity index (χ0v) is 9.22. The highest BCUT2D eigenvalue weighted by Crippen LogP contribution is 2.43. The maximum atomic E-state index is 13.6. The molecule has 76 valence electrons. The summed E-state index contributed by atoms with van der Waals surface area (Å²) < 4.78 is 14.3.